The second-order valence-corrected chi connectivity index (χ2v) is 13.1. The third-order valence-electron chi connectivity index (χ3n) is 6.94. The quantitative estimate of drug-likeness (QED) is 0.202. The lowest BCUT2D eigenvalue weighted by Gasteiger charge is -2.34. The Bertz CT molecular complexity index is 1680. The number of sulfonamides is 1. The lowest BCUT2D eigenvalue weighted by Crippen LogP contribution is -2.54. The summed E-state index contributed by atoms with van der Waals surface area (Å²) in [5.74, 6) is -1.43. The minimum Gasteiger partial charge on any atom is -0.352 e. The smallest absolute Gasteiger partial charge is 0.264 e. The van der Waals surface area contributed by atoms with E-state index < -0.39 is 34.3 Å². The highest BCUT2D eigenvalue weighted by atomic mass is 35.5. The molecule has 0 spiro atoms. The van der Waals surface area contributed by atoms with Crippen LogP contribution in [0.4, 0.5) is 10.1 Å². The molecular formula is C34H35ClFN3O4S. The van der Waals surface area contributed by atoms with E-state index in [4.69, 9.17) is 11.6 Å². The molecule has 0 aliphatic heterocycles. The van der Waals surface area contributed by atoms with Gasteiger partial charge < -0.3 is 10.2 Å². The lowest BCUT2D eigenvalue weighted by atomic mass is 10.0. The van der Waals surface area contributed by atoms with Crippen molar-refractivity contribution in [1.29, 1.82) is 0 Å². The molecule has 7 nitrogen and oxygen atoms in total. The van der Waals surface area contributed by atoms with E-state index in [0.717, 1.165) is 15.4 Å². The van der Waals surface area contributed by atoms with Gasteiger partial charge in [0.1, 0.15) is 18.4 Å². The van der Waals surface area contributed by atoms with E-state index in [2.05, 4.69) is 5.32 Å². The molecule has 4 aromatic rings. The van der Waals surface area contributed by atoms with E-state index in [0.29, 0.717) is 16.3 Å². The molecule has 0 heterocycles. The molecular weight excluding hydrogens is 601 g/mol. The highest BCUT2D eigenvalue weighted by Crippen LogP contribution is 2.27. The molecule has 1 atom stereocenters. The Balaban J connectivity index is 1.80. The van der Waals surface area contributed by atoms with Crippen molar-refractivity contribution < 1.29 is 22.4 Å². The SMILES string of the molecule is Cc1cccc(N(CC(=O)N(Cc2ccc(F)cc2)C(Cc2ccccc2)C(=O)NC(C)C)S(=O)(=O)c2ccc(Cl)cc2)c1. The fourth-order valence-corrected chi connectivity index (χ4v) is 6.30. The van der Waals surface area contributed by atoms with Crippen LogP contribution in [0.2, 0.25) is 5.02 Å². The van der Waals surface area contributed by atoms with Crippen molar-refractivity contribution in [3.63, 3.8) is 0 Å². The summed E-state index contributed by atoms with van der Waals surface area (Å²) < 4.78 is 42.9. The van der Waals surface area contributed by atoms with Gasteiger partial charge in [0.25, 0.3) is 10.0 Å². The van der Waals surface area contributed by atoms with Gasteiger partial charge in [-0.25, -0.2) is 12.8 Å². The number of nitrogens with one attached hydrogen (secondary N) is 1. The van der Waals surface area contributed by atoms with Gasteiger partial charge in [-0.05, 0) is 86.0 Å². The largest absolute Gasteiger partial charge is 0.352 e. The highest BCUT2D eigenvalue weighted by Gasteiger charge is 2.34. The van der Waals surface area contributed by atoms with Crippen molar-refractivity contribution in [3.05, 3.63) is 131 Å². The Kier molecular flexibility index (Phi) is 10.8. The lowest BCUT2D eigenvalue weighted by molar-refractivity contribution is -0.140. The Morgan fingerprint density at radius 2 is 1.52 bits per heavy atom. The van der Waals surface area contributed by atoms with E-state index in [-0.39, 0.29) is 29.8 Å². The average molecular weight is 636 g/mol. The zero-order valence-electron chi connectivity index (χ0n) is 24.8. The summed E-state index contributed by atoms with van der Waals surface area (Å²) in [6.45, 7) is 4.83. The maximum absolute atomic E-state index is 14.4. The monoisotopic (exact) mass is 635 g/mol. The second-order valence-electron chi connectivity index (χ2n) is 10.8. The first-order chi connectivity index (χ1) is 20.9. The number of halogens is 2. The molecule has 230 valence electrons. The topological polar surface area (TPSA) is 86.8 Å². The maximum Gasteiger partial charge on any atom is 0.264 e. The van der Waals surface area contributed by atoms with Gasteiger partial charge in [0, 0.05) is 24.0 Å². The number of hydrogen-bond donors (Lipinski definition) is 1. The number of carbonyl (C=O) groups is 2. The Morgan fingerprint density at radius 3 is 2.14 bits per heavy atom. The third-order valence-corrected chi connectivity index (χ3v) is 8.98. The summed E-state index contributed by atoms with van der Waals surface area (Å²) >= 11 is 6.03. The van der Waals surface area contributed by atoms with Crippen LogP contribution >= 0.6 is 11.6 Å². The third kappa shape index (κ3) is 8.45. The molecule has 0 aliphatic carbocycles. The van der Waals surface area contributed by atoms with Crippen molar-refractivity contribution in [2.45, 2.75) is 50.7 Å². The predicted octanol–water partition coefficient (Wildman–Crippen LogP) is 6.15. The normalized spacial score (nSPS) is 12.0. The first-order valence-electron chi connectivity index (χ1n) is 14.2. The van der Waals surface area contributed by atoms with Gasteiger partial charge in [0.15, 0.2) is 0 Å². The number of nitrogens with zero attached hydrogens (tertiary/aromatic N) is 2. The molecule has 0 fully saturated rings. The van der Waals surface area contributed by atoms with Crippen LogP contribution in [0.1, 0.15) is 30.5 Å². The molecule has 44 heavy (non-hydrogen) atoms. The number of rotatable bonds is 12. The molecule has 0 aromatic heterocycles. The summed E-state index contributed by atoms with van der Waals surface area (Å²) in [5.41, 5.74) is 2.49. The predicted molar refractivity (Wildman–Crippen MR) is 171 cm³/mol. The van der Waals surface area contributed by atoms with Crippen molar-refractivity contribution in [3.8, 4) is 0 Å². The number of amides is 2. The first kappa shape index (κ1) is 32.7. The number of anilines is 1. The number of carbonyl (C=O) groups excluding carboxylic acids is 2. The molecule has 1 unspecified atom stereocenters. The molecule has 2 amide bonds. The number of aryl methyl sites for hydroxylation is 1. The molecule has 0 radical (unpaired) electrons. The summed E-state index contributed by atoms with van der Waals surface area (Å²) in [7, 11) is -4.24. The van der Waals surface area contributed by atoms with Gasteiger partial charge in [-0.1, -0.05) is 66.2 Å². The van der Waals surface area contributed by atoms with E-state index >= 15 is 0 Å². The zero-order valence-corrected chi connectivity index (χ0v) is 26.4. The van der Waals surface area contributed by atoms with Crippen LogP contribution in [0.15, 0.2) is 108 Å². The van der Waals surface area contributed by atoms with Crippen LogP contribution in [-0.2, 0) is 32.6 Å². The molecule has 10 heteroatoms. The van der Waals surface area contributed by atoms with Crippen LogP contribution in [0.3, 0.4) is 0 Å². The first-order valence-corrected chi connectivity index (χ1v) is 16.0. The van der Waals surface area contributed by atoms with E-state index in [1.807, 2.05) is 57.2 Å². The number of benzene rings is 4. The molecule has 4 aromatic carbocycles. The zero-order chi connectivity index (χ0) is 31.9. The van der Waals surface area contributed by atoms with Crippen LogP contribution in [0.25, 0.3) is 0 Å². The van der Waals surface area contributed by atoms with Gasteiger partial charge in [0.2, 0.25) is 11.8 Å². The molecule has 0 aliphatic rings. The van der Waals surface area contributed by atoms with Gasteiger partial charge >= 0.3 is 0 Å². The molecule has 1 N–H and O–H groups in total. The highest BCUT2D eigenvalue weighted by molar-refractivity contribution is 7.92. The van der Waals surface area contributed by atoms with Gasteiger partial charge in [-0.3, -0.25) is 13.9 Å². The minimum atomic E-state index is -4.24. The van der Waals surface area contributed by atoms with Crippen LogP contribution in [0, 0.1) is 12.7 Å². The number of hydrogen-bond acceptors (Lipinski definition) is 4. The van der Waals surface area contributed by atoms with Crippen LogP contribution in [0.5, 0.6) is 0 Å². The fraction of sp³-hybridized carbons (Fsp3) is 0.235. The Morgan fingerprint density at radius 1 is 0.864 bits per heavy atom. The molecule has 0 bridgehead atoms. The van der Waals surface area contributed by atoms with Crippen LogP contribution in [-0.4, -0.2) is 43.8 Å². The van der Waals surface area contributed by atoms with Gasteiger partial charge in [-0.15, -0.1) is 0 Å². The van der Waals surface area contributed by atoms with Gasteiger partial charge in [0.05, 0.1) is 10.6 Å². The minimum absolute atomic E-state index is 0.0420. The van der Waals surface area contributed by atoms with E-state index in [1.165, 1.54) is 53.4 Å². The van der Waals surface area contributed by atoms with E-state index in [1.54, 1.807) is 18.2 Å². The van der Waals surface area contributed by atoms with Crippen molar-refractivity contribution >= 4 is 39.1 Å². The maximum atomic E-state index is 14.4. The summed E-state index contributed by atoms with van der Waals surface area (Å²) in [4.78, 5) is 29.4. The van der Waals surface area contributed by atoms with Crippen LogP contribution < -0.4 is 9.62 Å². The standard InChI is InChI=1S/C34H35ClFN3O4S/c1-24(2)37-34(41)32(21-26-9-5-4-6-10-26)38(22-27-12-16-29(36)17-13-27)33(40)23-39(30-11-7-8-25(3)20-30)44(42,43)31-18-14-28(35)15-19-31/h4-20,24,32H,21-23H2,1-3H3,(H,37,41). The summed E-state index contributed by atoms with van der Waals surface area (Å²) in [6.07, 6.45) is 0.181. The van der Waals surface area contributed by atoms with Gasteiger partial charge in [-0.2, -0.15) is 0 Å². The summed E-state index contributed by atoms with van der Waals surface area (Å²) in [6, 6.07) is 26.2. The van der Waals surface area contributed by atoms with Crippen molar-refractivity contribution in [2.75, 3.05) is 10.8 Å². The van der Waals surface area contributed by atoms with E-state index in [9.17, 15) is 22.4 Å². The summed E-state index contributed by atoms with van der Waals surface area (Å²) in [5, 5.41) is 3.28. The second kappa shape index (κ2) is 14.5. The molecule has 0 saturated carbocycles. The average Bonchev–Trinajstić information content (AvgIpc) is 2.98. The van der Waals surface area contributed by atoms with Crippen molar-refractivity contribution in [1.82, 2.24) is 10.2 Å². The molecule has 0 saturated heterocycles. The van der Waals surface area contributed by atoms with Crippen molar-refractivity contribution in [2.24, 2.45) is 0 Å². The molecule has 4 rings (SSSR count). The Hall–Kier alpha value is -4.21. The fourth-order valence-electron chi connectivity index (χ4n) is 4.77. The Labute approximate surface area is 263 Å².